The zero-order chi connectivity index (χ0) is 20.2. The normalized spacial score (nSPS) is 18.3. The Morgan fingerprint density at radius 3 is 2.41 bits per heavy atom. The summed E-state index contributed by atoms with van der Waals surface area (Å²) < 4.78 is 2.13. The Bertz CT molecular complexity index is 1030. The minimum atomic E-state index is 0.109. The fraction of sp³-hybridized carbons (Fsp3) is 0.304. The van der Waals surface area contributed by atoms with E-state index in [1.807, 2.05) is 31.2 Å². The van der Waals surface area contributed by atoms with Crippen LogP contribution in [0.25, 0.3) is 22.5 Å². The van der Waals surface area contributed by atoms with Crippen LogP contribution in [0.15, 0.2) is 54.9 Å². The molecule has 1 saturated carbocycles. The molecule has 29 heavy (non-hydrogen) atoms. The van der Waals surface area contributed by atoms with Crippen LogP contribution in [-0.4, -0.2) is 26.7 Å². The summed E-state index contributed by atoms with van der Waals surface area (Å²) in [6.45, 7) is 1.88. The molecule has 1 heterocycles. The van der Waals surface area contributed by atoms with Crippen LogP contribution in [0, 0.1) is 11.3 Å². The van der Waals surface area contributed by atoms with Gasteiger partial charge in [-0.2, -0.15) is 5.26 Å². The van der Waals surface area contributed by atoms with Crippen LogP contribution in [0.1, 0.15) is 44.2 Å². The summed E-state index contributed by atoms with van der Waals surface area (Å²) in [5, 5.41) is 20.5. The predicted octanol–water partition coefficient (Wildman–Crippen LogP) is 4.10. The van der Waals surface area contributed by atoms with Gasteiger partial charge in [0.05, 0.1) is 11.6 Å². The molecule has 1 amide bonds. The number of rotatable bonds is 5. The standard InChI is InChI=1S/C23H23N5O/c1-2-22(29)26-20-11-12-21(13-20)28-15-25-27-23(28)19-9-7-18(8-10-19)17-5-3-16(14-24)4-6-17/h3-10,15,20-21H,2,11-13H2,1H3,(H,26,29)/t20-,21+/m0/s1. The first-order chi connectivity index (χ1) is 14.2. The van der Waals surface area contributed by atoms with E-state index in [1.165, 1.54) is 0 Å². The molecular weight excluding hydrogens is 362 g/mol. The van der Waals surface area contributed by atoms with Gasteiger partial charge in [-0.25, -0.2) is 0 Å². The molecule has 1 fully saturated rings. The van der Waals surface area contributed by atoms with Gasteiger partial charge in [-0.3, -0.25) is 4.79 Å². The summed E-state index contributed by atoms with van der Waals surface area (Å²) in [6, 6.07) is 18.5. The number of carbonyl (C=O) groups is 1. The second kappa shape index (κ2) is 8.27. The first-order valence-corrected chi connectivity index (χ1v) is 9.97. The summed E-state index contributed by atoms with van der Waals surface area (Å²) in [4.78, 5) is 11.7. The number of amides is 1. The Labute approximate surface area is 170 Å². The number of carbonyl (C=O) groups excluding carboxylic acids is 1. The number of aromatic nitrogens is 3. The first kappa shape index (κ1) is 18.9. The molecule has 2 atom stereocenters. The number of benzene rings is 2. The molecule has 1 aromatic heterocycles. The van der Waals surface area contributed by atoms with Crippen LogP contribution in [-0.2, 0) is 4.79 Å². The lowest BCUT2D eigenvalue weighted by Gasteiger charge is -2.16. The number of nitriles is 1. The fourth-order valence-electron chi connectivity index (χ4n) is 3.94. The topological polar surface area (TPSA) is 83.6 Å². The highest BCUT2D eigenvalue weighted by Gasteiger charge is 2.28. The van der Waals surface area contributed by atoms with Gasteiger partial charge in [-0.05, 0) is 42.5 Å². The molecule has 6 nitrogen and oxygen atoms in total. The van der Waals surface area contributed by atoms with Gasteiger partial charge >= 0.3 is 0 Å². The molecule has 146 valence electrons. The molecule has 4 rings (SSSR count). The van der Waals surface area contributed by atoms with Gasteiger partial charge in [0, 0.05) is 24.1 Å². The van der Waals surface area contributed by atoms with Crippen molar-refractivity contribution in [3.05, 3.63) is 60.4 Å². The van der Waals surface area contributed by atoms with E-state index in [0.717, 1.165) is 41.8 Å². The SMILES string of the molecule is CCC(=O)N[C@H]1CC[C@@H](n2cnnc2-c2ccc(-c3ccc(C#N)cc3)cc2)C1. The Morgan fingerprint density at radius 1 is 1.10 bits per heavy atom. The Kier molecular flexibility index (Phi) is 5.39. The highest BCUT2D eigenvalue weighted by molar-refractivity contribution is 5.75. The Hall–Kier alpha value is -3.46. The lowest BCUT2D eigenvalue weighted by molar-refractivity contribution is -0.121. The second-order valence-electron chi connectivity index (χ2n) is 7.41. The summed E-state index contributed by atoms with van der Waals surface area (Å²) in [6.07, 6.45) is 5.19. The number of hydrogen-bond donors (Lipinski definition) is 1. The summed E-state index contributed by atoms with van der Waals surface area (Å²) in [5.74, 6) is 0.960. The van der Waals surface area contributed by atoms with Crippen molar-refractivity contribution < 1.29 is 4.79 Å². The van der Waals surface area contributed by atoms with Crippen molar-refractivity contribution in [3.8, 4) is 28.6 Å². The summed E-state index contributed by atoms with van der Waals surface area (Å²) >= 11 is 0. The minimum absolute atomic E-state index is 0.109. The van der Waals surface area contributed by atoms with Crippen LogP contribution < -0.4 is 5.32 Å². The van der Waals surface area contributed by atoms with Crippen molar-refractivity contribution in [3.63, 3.8) is 0 Å². The van der Waals surface area contributed by atoms with Gasteiger partial charge in [0.15, 0.2) is 5.82 Å². The Morgan fingerprint density at radius 2 is 1.76 bits per heavy atom. The molecule has 1 aliphatic carbocycles. The van der Waals surface area contributed by atoms with Gasteiger partial charge in [0.2, 0.25) is 5.91 Å². The van der Waals surface area contributed by atoms with Crippen LogP contribution in [0.5, 0.6) is 0 Å². The molecule has 0 unspecified atom stereocenters. The van der Waals surface area contributed by atoms with Crippen molar-refractivity contribution in [2.24, 2.45) is 0 Å². The zero-order valence-corrected chi connectivity index (χ0v) is 16.4. The van der Waals surface area contributed by atoms with Crippen molar-refractivity contribution in [2.45, 2.75) is 44.7 Å². The molecule has 0 spiro atoms. The van der Waals surface area contributed by atoms with Crippen molar-refractivity contribution in [1.82, 2.24) is 20.1 Å². The molecule has 3 aromatic rings. The van der Waals surface area contributed by atoms with Crippen molar-refractivity contribution >= 4 is 5.91 Å². The van der Waals surface area contributed by atoms with E-state index in [4.69, 9.17) is 5.26 Å². The largest absolute Gasteiger partial charge is 0.353 e. The van der Waals surface area contributed by atoms with E-state index in [-0.39, 0.29) is 11.9 Å². The molecule has 0 aliphatic heterocycles. The van der Waals surface area contributed by atoms with E-state index in [9.17, 15) is 4.79 Å². The third kappa shape index (κ3) is 4.04. The highest BCUT2D eigenvalue weighted by Crippen LogP contribution is 2.33. The molecule has 1 aliphatic rings. The predicted molar refractivity (Wildman–Crippen MR) is 111 cm³/mol. The molecular formula is C23H23N5O. The third-order valence-corrected chi connectivity index (χ3v) is 5.55. The van der Waals surface area contributed by atoms with Crippen LogP contribution in [0.4, 0.5) is 0 Å². The monoisotopic (exact) mass is 385 g/mol. The van der Waals surface area contributed by atoms with E-state index in [0.29, 0.717) is 18.0 Å². The van der Waals surface area contributed by atoms with Gasteiger partial charge in [0.1, 0.15) is 6.33 Å². The van der Waals surface area contributed by atoms with E-state index in [2.05, 4.69) is 50.4 Å². The molecule has 6 heteroatoms. The maximum Gasteiger partial charge on any atom is 0.219 e. The number of nitrogens with one attached hydrogen (secondary N) is 1. The van der Waals surface area contributed by atoms with E-state index >= 15 is 0 Å². The van der Waals surface area contributed by atoms with E-state index < -0.39 is 0 Å². The lowest BCUT2D eigenvalue weighted by Crippen LogP contribution is -2.32. The maximum atomic E-state index is 11.7. The minimum Gasteiger partial charge on any atom is -0.353 e. The third-order valence-electron chi connectivity index (χ3n) is 5.55. The second-order valence-corrected chi connectivity index (χ2v) is 7.41. The smallest absolute Gasteiger partial charge is 0.219 e. The molecule has 2 aromatic carbocycles. The number of hydrogen-bond acceptors (Lipinski definition) is 4. The van der Waals surface area contributed by atoms with Gasteiger partial charge in [-0.1, -0.05) is 43.3 Å². The molecule has 0 radical (unpaired) electrons. The quantitative estimate of drug-likeness (QED) is 0.716. The summed E-state index contributed by atoms with van der Waals surface area (Å²) in [5.41, 5.74) is 3.83. The average Bonchev–Trinajstić information content (AvgIpc) is 3.43. The van der Waals surface area contributed by atoms with Crippen LogP contribution >= 0.6 is 0 Å². The molecule has 0 bridgehead atoms. The average molecular weight is 385 g/mol. The Balaban J connectivity index is 1.51. The van der Waals surface area contributed by atoms with E-state index in [1.54, 1.807) is 6.33 Å². The van der Waals surface area contributed by atoms with Crippen LogP contribution in [0.3, 0.4) is 0 Å². The first-order valence-electron chi connectivity index (χ1n) is 9.97. The zero-order valence-electron chi connectivity index (χ0n) is 16.4. The van der Waals surface area contributed by atoms with Crippen molar-refractivity contribution in [1.29, 1.82) is 5.26 Å². The molecule has 1 N–H and O–H groups in total. The van der Waals surface area contributed by atoms with Gasteiger partial charge in [-0.15, -0.1) is 10.2 Å². The fourth-order valence-corrected chi connectivity index (χ4v) is 3.94. The highest BCUT2D eigenvalue weighted by atomic mass is 16.1. The number of nitrogens with zero attached hydrogens (tertiary/aromatic N) is 4. The van der Waals surface area contributed by atoms with Gasteiger partial charge in [0.25, 0.3) is 0 Å². The van der Waals surface area contributed by atoms with Crippen LogP contribution in [0.2, 0.25) is 0 Å². The lowest BCUT2D eigenvalue weighted by atomic mass is 10.0. The maximum absolute atomic E-state index is 11.7. The van der Waals surface area contributed by atoms with Crippen molar-refractivity contribution in [2.75, 3.05) is 0 Å². The summed E-state index contributed by atoms with van der Waals surface area (Å²) in [7, 11) is 0. The van der Waals surface area contributed by atoms with Gasteiger partial charge < -0.3 is 9.88 Å². The molecule has 0 saturated heterocycles.